The van der Waals surface area contributed by atoms with Gasteiger partial charge in [-0.2, -0.15) is 10.4 Å². The van der Waals surface area contributed by atoms with Crippen molar-refractivity contribution in [3.05, 3.63) is 167 Å². The maximum atomic E-state index is 13.9. The first-order valence-electron chi connectivity index (χ1n) is 15.7. The van der Waals surface area contributed by atoms with E-state index in [-0.39, 0.29) is 23.3 Å². The molecule has 0 unspecified atom stereocenters. The van der Waals surface area contributed by atoms with Crippen molar-refractivity contribution in [2.24, 2.45) is 0 Å². The minimum atomic E-state index is -0.689. The molecule has 7 rings (SSSR count). The Morgan fingerprint density at radius 3 is 2.31 bits per heavy atom. The van der Waals surface area contributed by atoms with Crippen molar-refractivity contribution >= 4 is 28.7 Å². The lowest BCUT2D eigenvalue weighted by Gasteiger charge is -2.27. The number of aromatic nitrogens is 2. The monoisotopic (exact) mass is 644 g/mol. The number of hydrogen-bond donors (Lipinski definition) is 0. The van der Waals surface area contributed by atoms with E-state index < -0.39 is 17.6 Å². The zero-order chi connectivity index (χ0) is 33.9. The van der Waals surface area contributed by atoms with Gasteiger partial charge in [0.05, 0.1) is 17.9 Å². The Morgan fingerprint density at radius 1 is 0.837 bits per heavy atom. The first kappa shape index (κ1) is 31.0. The fraction of sp³-hybridized carbons (Fsp3) is 0.0732. The molecule has 5 aromatic carbocycles. The molecule has 1 aliphatic heterocycles. The first-order valence-corrected chi connectivity index (χ1v) is 15.7. The second kappa shape index (κ2) is 13.3. The van der Waals surface area contributed by atoms with Crippen LogP contribution in [0.3, 0.4) is 0 Å². The van der Waals surface area contributed by atoms with Crippen molar-refractivity contribution in [1.29, 1.82) is 5.26 Å². The summed E-state index contributed by atoms with van der Waals surface area (Å²) in [6, 6.07) is 39.0. The Bertz CT molecular complexity index is 2310. The maximum absolute atomic E-state index is 13.9. The number of ether oxygens (including phenoxy) is 1. The number of fused-ring (bicyclic) bond motifs is 1. The lowest BCUT2D eigenvalue weighted by Crippen LogP contribution is -2.42. The summed E-state index contributed by atoms with van der Waals surface area (Å²) in [4.78, 5) is 28.2. The molecule has 0 spiro atoms. The molecule has 2 heterocycles. The molecular formula is C41H29FN4O3. The van der Waals surface area contributed by atoms with Crippen LogP contribution in [0.5, 0.6) is 5.75 Å². The minimum absolute atomic E-state index is 0.107. The molecule has 49 heavy (non-hydrogen) atoms. The largest absolute Gasteiger partial charge is 0.489 e. The Balaban J connectivity index is 1.24. The highest BCUT2D eigenvalue weighted by molar-refractivity contribution is 6.19. The Morgan fingerprint density at radius 2 is 1.55 bits per heavy atom. The van der Waals surface area contributed by atoms with E-state index in [4.69, 9.17) is 9.84 Å². The average Bonchev–Trinajstić information content (AvgIpc) is 3.56. The number of nitrogens with zero attached hydrogens (tertiary/aromatic N) is 4. The molecule has 2 amide bonds. The van der Waals surface area contributed by atoms with E-state index in [9.17, 15) is 19.2 Å². The van der Waals surface area contributed by atoms with Gasteiger partial charge in [0.1, 0.15) is 29.8 Å². The SMILES string of the molecule is CC1=C(C#N)C(=O)N(Cc2ccc(F)cc2)C(=O)/C1=C/c1cn(-c2ccccc2)nc1-c1ccc(OCc2cccc3ccccc23)cc1. The fourth-order valence-corrected chi connectivity index (χ4v) is 5.92. The second-order valence-corrected chi connectivity index (χ2v) is 11.7. The predicted octanol–water partition coefficient (Wildman–Crippen LogP) is 8.20. The number of amides is 2. The highest BCUT2D eigenvalue weighted by Gasteiger charge is 2.35. The highest BCUT2D eigenvalue weighted by atomic mass is 19.1. The number of para-hydroxylation sites is 1. The van der Waals surface area contributed by atoms with Gasteiger partial charge in [0.25, 0.3) is 11.8 Å². The van der Waals surface area contributed by atoms with Crippen molar-refractivity contribution in [2.45, 2.75) is 20.1 Å². The normalized spacial score (nSPS) is 14.1. The van der Waals surface area contributed by atoms with Crippen molar-refractivity contribution in [1.82, 2.24) is 14.7 Å². The molecule has 1 aromatic heterocycles. The van der Waals surface area contributed by atoms with Crippen LogP contribution in [0.15, 0.2) is 144 Å². The molecule has 0 aliphatic carbocycles. The quantitative estimate of drug-likeness (QED) is 0.123. The molecule has 0 N–H and O–H groups in total. The average molecular weight is 645 g/mol. The van der Waals surface area contributed by atoms with E-state index in [1.54, 1.807) is 17.7 Å². The summed E-state index contributed by atoms with van der Waals surface area (Å²) in [5.41, 5.74) is 4.80. The van der Waals surface area contributed by atoms with Gasteiger partial charge in [-0.3, -0.25) is 14.5 Å². The molecule has 0 saturated carbocycles. The number of hydrogen-bond acceptors (Lipinski definition) is 5. The van der Waals surface area contributed by atoms with Crippen LogP contribution < -0.4 is 4.74 Å². The van der Waals surface area contributed by atoms with Gasteiger partial charge in [-0.15, -0.1) is 0 Å². The van der Waals surface area contributed by atoms with Crippen molar-refractivity contribution in [3.63, 3.8) is 0 Å². The van der Waals surface area contributed by atoms with Gasteiger partial charge < -0.3 is 4.74 Å². The molecule has 0 bridgehead atoms. The van der Waals surface area contributed by atoms with Crippen LogP contribution in [0.4, 0.5) is 4.39 Å². The van der Waals surface area contributed by atoms with Crippen LogP contribution in [-0.4, -0.2) is 26.5 Å². The molecule has 8 heteroatoms. The number of benzene rings is 5. The summed E-state index contributed by atoms with van der Waals surface area (Å²) in [6.07, 6.45) is 3.49. The molecule has 6 aromatic rings. The van der Waals surface area contributed by atoms with E-state index in [2.05, 4.69) is 24.3 Å². The Hall–Kier alpha value is -6.59. The number of carbonyl (C=O) groups excluding carboxylic acids is 2. The molecule has 238 valence electrons. The third-order valence-electron chi connectivity index (χ3n) is 8.54. The molecule has 0 fully saturated rings. The number of carbonyl (C=O) groups is 2. The standard InChI is InChI=1S/C41H29FN4O3/c1-27-37(40(47)45(41(48)38(27)23-43)24-28-14-18-33(42)19-15-28)22-32-25-46(34-11-3-2-4-12-34)44-39(32)30-16-20-35(21-17-30)49-26-31-10-7-9-29-8-5-6-13-36(29)31/h2-22,25H,24,26H2,1H3/b37-22+. The molecule has 0 radical (unpaired) electrons. The number of rotatable bonds is 8. The second-order valence-electron chi connectivity index (χ2n) is 11.7. The third-order valence-corrected chi connectivity index (χ3v) is 8.54. The first-order chi connectivity index (χ1) is 23.9. The zero-order valence-electron chi connectivity index (χ0n) is 26.5. The van der Waals surface area contributed by atoms with Crippen LogP contribution in [0, 0.1) is 17.1 Å². The molecule has 7 nitrogen and oxygen atoms in total. The predicted molar refractivity (Wildman–Crippen MR) is 186 cm³/mol. The lowest BCUT2D eigenvalue weighted by molar-refractivity contribution is -0.141. The van der Waals surface area contributed by atoms with E-state index in [1.165, 1.54) is 24.3 Å². The minimum Gasteiger partial charge on any atom is -0.489 e. The van der Waals surface area contributed by atoms with E-state index in [0.717, 1.165) is 32.5 Å². The van der Waals surface area contributed by atoms with Gasteiger partial charge in [0, 0.05) is 22.9 Å². The summed E-state index contributed by atoms with van der Waals surface area (Å²) < 4.78 is 21.5. The summed E-state index contributed by atoms with van der Waals surface area (Å²) in [5.74, 6) is -0.984. The van der Waals surface area contributed by atoms with Crippen LogP contribution in [0.2, 0.25) is 0 Å². The molecule has 0 saturated heterocycles. The van der Waals surface area contributed by atoms with Crippen LogP contribution in [0.25, 0.3) is 33.8 Å². The topological polar surface area (TPSA) is 88.2 Å². The van der Waals surface area contributed by atoms with Gasteiger partial charge in [0.15, 0.2) is 0 Å². The number of imide groups is 1. The van der Waals surface area contributed by atoms with E-state index in [1.807, 2.05) is 85.1 Å². The highest BCUT2D eigenvalue weighted by Crippen LogP contribution is 2.33. The smallest absolute Gasteiger partial charge is 0.271 e. The molecular weight excluding hydrogens is 615 g/mol. The summed E-state index contributed by atoms with van der Waals surface area (Å²) in [7, 11) is 0. The Kier molecular flexibility index (Phi) is 8.40. The summed E-state index contributed by atoms with van der Waals surface area (Å²) >= 11 is 0. The maximum Gasteiger partial charge on any atom is 0.271 e. The Labute approximate surface area is 282 Å². The van der Waals surface area contributed by atoms with Crippen LogP contribution >= 0.6 is 0 Å². The van der Waals surface area contributed by atoms with Gasteiger partial charge in [-0.1, -0.05) is 72.8 Å². The summed E-state index contributed by atoms with van der Waals surface area (Å²) in [6.45, 7) is 1.89. The number of nitriles is 1. The molecule has 1 aliphatic rings. The number of halogens is 1. The molecule has 0 atom stereocenters. The van der Waals surface area contributed by atoms with E-state index >= 15 is 0 Å². The van der Waals surface area contributed by atoms with Crippen LogP contribution in [0.1, 0.15) is 23.6 Å². The van der Waals surface area contributed by atoms with Gasteiger partial charge in [-0.05, 0) is 89.0 Å². The van der Waals surface area contributed by atoms with Crippen molar-refractivity contribution in [3.8, 4) is 28.8 Å². The van der Waals surface area contributed by atoms with Crippen molar-refractivity contribution < 1.29 is 18.7 Å². The summed E-state index contributed by atoms with van der Waals surface area (Å²) in [5, 5.41) is 17.1. The van der Waals surface area contributed by atoms with Gasteiger partial charge in [-0.25, -0.2) is 9.07 Å². The van der Waals surface area contributed by atoms with E-state index in [0.29, 0.717) is 29.2 Å². The lowest BCUT2D eigenvalue weighted by atomic mass is 9.93. The third kappa shape index (κ3) is 6.25. The van der Waals surface area contributed by atoms with Crippen molar-refractivity contribution in [2.75, 3.05) is 0 Å². The van der Waals surface area contributed by atoms with Gasteiger partial charge in [0.2, 0.25) is 0 Å². The van der Waals surface area contributed by atoms with Gasteiger partial charge >= 0.3 is 0 Å². The van der Waals surface area contributed by atoms with Crippen LogP contribution in [-0.2, 0) is 22.7 Å². The fourth-order valence-electron chi connectivity index (χ4n) is 5.92. The zero-order valence-corrected chi connectivity index (χ0v) is 26.5.